The molecule has 0 saturated heterocycles. The van der Waals surface area contributed by atoms with Crippen LogP contribution in [0.4, 0.5) is 0 Å². The molecule has 9 atom stereocenters. The smallest absolute Gasteiger partial charge is 0.333 e. The summed E-state index contributed by atoms with van der Waals surface area (Å²) in [5, 5.41) is 22.6. The van der Waals surface area contributed by atoms with Crippen molar-refractivity contribution in [2.24, 2.45) is 34.5 Å². The molecule has 0 aromatic heterocycles. The van der Waals surface area contributed by atoms with Gasteiger partial charge in [-0.25, -0.2) is 4.79 Å². The predicted octanol–water partition coefficient (Wildman–Crippen LogP) is 4.20. The third kappa shape index (κ3) is 3.17. The minimum atomic E-state index is -1.01. The standard InChI is InChI=1S/C26H40O5/c1-6-15(2)23(29)31-22-14-21-20(8-7-17-13-18(28)9-11-24(17,21)4)26(30)12-10-19(16(3)27)25(22,26)5/h6,17-22,28,30H,7-14H2,1-5H3/b15-6+/t17-,18-,19-,20?,21?,22-,24+,25+,26+/m1/s1. The molecule has 4 saturated carbocycles. The summed E-state index contributed by atoms with van der Waals surface area (Å²) < 4.78 is 6.13. The summed E-state index contributed by atoms with van der Waals surface area (Å²) in [6, 6.07) is 0. The summed E-state index contributed by atoms with van der Waals surface area (Å²) >= 11 is 0. The molecule has 0 aromatic carbocycles. The van der Waals surface area contributed by atoms with Crippen LogP contribution in [0.15, 0.2) is 11.6 Å². The third-order valence-electron chi connectivity index (χ3n) is 10.4. The average molecular weight is 433 g/mol. The van der Waals surface area contributed by atoms with Crippen LogP contribution in [-0.4, -0.2) is 39.8 Å². The predicted molar refractivity (Wildman–Crippen MR) is 118 cm³/mol. The van der Waals surface area contributed by atoms with Crippen molar-refractivity contribution in [3.8, 4) is 0 Å². The SMILES string of the molecule is C/C=C(\C)C(=O)O[C@@H]1CC2C(CC[C@@H]3C[C@H](O)CC[C@]23C)[C@@]2(O)CC[C@H](C(C)=O)[C@@]12C. The molecule has 0 spiro atoms. The van der Waals surface area contributed by atoms with Crippen molar-refractivity contribution in [2.45, 2.75) is 104 Å². The Hall–Kier alpha value is -1.20. The molecule has 0 bridgehead atoms. The van der Waals surface area contributed by atoms with Gasteiger partial charge in [-0.15, -0.1) is 0 Å². The van der Waals surface area contributed by atoms with Gasteiger partial charge in [-0.2, -0.15) is 0 Å². The highest BCUT2D eigenvalue weighted by molar-refractivity contribution is 5.88. The Bertz CT molecular complexity index is 789. The number of ketones is 1. The number of carbonyl (C=O) groups excluding carboxylic acids is 2. The number of aliphatic hydroxyl groups is 2. The number of ether oxygens (including phenoxy) is 1. The molecular weight excluding hydrogens is 392 g/mol. The zero-order chi connectivity index (χ0) is 22.8. The van der Waals surface area contributed by atoms with Gasteiger partial charge in [-0.1, -0.05) is 19.9 Å². The van der Waals surface area contributed by atoms with Crippen molar-refractivity contribution in [3.05, 3.63) is 11.6 Å². The molecule has 31 heavy (non-hydrogen) atoms. The average Bonchev–Trinajstić information content (AvgIpc) is 3.01. The van der Waals surface area contributed by atoms with Gasteiger partial charge in [0.1, 0.15) is 11.9 Å². The van der Waals surface area contributed by atoms with Gasteiger partial charge in [-0.3, -0.25) is 4.79 Å². The lowest BCUT2D eigenvalue weighted by molar-refractivity contribution is -0.251. The number of carbonyl (C=O) groups is 2. The largest absolute Gasteiger partial charge is 0.458 e. The Morgan fingerprint density at radius 3 is 2.35 bits per heavy atom. The summed E-state index contributed by atoms with van der Waals surface area (Å²) in [6.07, 6.45) is 7.47. The summed E-state index contributed by atoms with van der Waals surface area (Å²) in [4.78, 5) is 25.5. The summed E-state index contributed by atoms with van der Waals surface area (Å²) in [7, 11) is 0. The first-order valence-electron chi connectivity index (χ1n) is 12.2. The highest BCUT2D eigenvalue weighted by atomic mass is 16.5. The van der Waals surface area contributed by atoms with Gasteiger partial charge < -0.3 is 14.9 Å². The Morgan fingerprint density at radius 2 is 1.71 bits per heavy atom. The maximum atomic E-state index is 12.8. The van der Waals surface area contributed by atoms with E-state index >= 15 is 0 Å². The highest BCUT2D eigenvalue weighted by Gasteiger charge is 2.72. The normalized spacial score (nSPS) is 49.6. The Morgan fingerprint density at radius 1 is 1.00 bits per heavy atom. The second-order valence-electron chi connectivity index (χ2n) is 11.4. The van der Waals surface area contributed by atoms with Gasteiger partial charge in [0.2, 0.25) is 0 Å². The molecule has 2 N–H and O–H groups in total. The minimum absolute atomic E-state index is 0.0216. The number of hydrogen-bond acceptors (Lipinski definition) is 5. The van der Waals surface area contributed by atoms with Gasteiger partial charge in [0.05, 0.1) is 11.7 Å². The zero-order valence-electron chi connectivity index (χ0n) is 19.8. The van der Waals surface area contributed by atoms with Crippen LogP contribution in [0.25, 0.3) is 0 Å². The van der Waals surface area contributed by atoms with E-state index in [1.807, 2.05) is 13.8 Å². The highest BCUT2D eigenvalue weighted by Crippen LogP contribution is 2.69. The number of esters is 1. The van der Waals surface area contributed by atoms with Gasteiger partial charge in [-0.05, 0) is 95.3 Å². The zero-order valence-corrected chi connectivity index (χ0v) is 19.8. The van der Waals surface area contributed by atoms with E-state index in [0.29, 0.717) is 30.8 Å². The maximum absolute atomic E-state index is 12.8. The lowest BCUT2D eigenvalue weighted by Gasteiger charge is -2.65. The van der Waals surface area contributed by atoms with Crippen molar-refractivity contribution in [1.29, 1.82) is 0 Å². The van der Waals surface area contributed by atoms with Gasteiger partial charge in [0.15, 0.2) is 0 Å². The van der Waals surface area contributed by atoms with Crippen LogP contribution in [0.2, 0.25) is 0 Å². The fourth-order valence-electron chi connectivity index (χ4n) is 8.31. The Balaban J connectivity index is 1.77. The van der Waals surface area contributed by atoms with Crippen LogP contribution in [0.1, 0.15) is 86.0 Å². The van der Waals surface area contributed by atoms with Crippen LogP contribution >= 0.6 is 0 Å². The summed E-state index contributed by atoms with van der Waals surface area (Å²) in [6.45, 7) is 9.52. The molecule has 174 valence electrons. The van der Waals surface area contributed by atoms with Crippen LogP contribution < -0.4 is 0 Å². The third-order valence-corrected chi connectivity index (χ3v) is 10.4. The van der Waals surface area contributed by atoms with Gasteiger partial charge in [0.25, 0.3) is 0 Å². The van der Waals surface area contributed by atoms with E-state index in [2.05, 4.69) is 6.92 Å². The van der Waals surface area contributed by atoms with Crippen molar-refractivity contribution < 1.29 is 24.5 Å². The van der Waals surface area contributed by atoms with Crippen LogP contribution in [-0.2, 0) is 14.3 Å². The van der Waals surface area contributed by atoms with E-state index in [9.17, 15) is 19.8 Å². The number of fused-ring (bicyclic) bond motifs is 5. The Kier molecular flexibility index (Phi) is 5.70. The van der Waals surface area contributed by atoms with Crippen molar-refractivity contribution in [1.82, 2.24) is 0 Å². The number of aliphatic hydroxyl groups excluding tert-OH is 1. The van der Waals surface area contributed by atoms with E-state index in [0.717, 1.165) is 32.1 Å². The first-order chi connectivity index (χ1) is 14.5. The monoisotopic (exact) mass is 432 g/mol. The molecule has 4 fully saturated rings. The molecule has 0 radical (unpaired) electrons. The molecule has 4 rings (SSSR count). The molecule has 4 aliphatic rings. The van der Waals surface area contributed by atoms with Crippen LogP contribution in [0.5, 0.6) is 0 Å². The molecule has 5 heteroatoms. The summed E-state index contributed by atoms with van der Waals surface area (Å²) in [5.74, 6) is 0.217. The fourth-order valence-corrected chi connectivity index (χ4v) is 8.31. The molecule has 0 aliphatic heterocycles. The number of hydrogen-bond donors (Lipinski definition) is 2. The van der Waals surface area contributed by atoms with Gasteiger partial charge >= 0.3 is 5.97 Å². The van der Waals surface area contributed by atoms with Crippen LogP contribution in [0, 0.1) is 34.5 Å². The second-order valence-corrected chi connectivity index (χ2v) is 11.4. The van der Waals surface area contributed by atoms with Crippen molar-refractivity contribution in [3.63, 3.8) is 0 Å². The number of rotatable bonds is 3. The van der Waals surface area contributed by atoms with E-state index in [4.69, 9.17) is 4.74 Å². The van der Waals surface area contributed by atoms with E-state index < -0.39 is 17.1 Å². The Labute approximate surface area is 186 Å². The van der Waals surface area contributed by atoms with Crippen molar-refractivity contribution in [2.75, 3.05) is 0 Å². The lowest BCUT2D eigenvalue weighted by atomic mass is 9.42. The molecule has 0 amide bonds. The molecule has 0 heterocycles. The number of allylic oxidation sites excluding steroid dienone is 1. The maximum Gasteiger partial charge on any atom is 0.333 e. The van der Waals surface area contributed by atoms with E-state index in [1.165, 1.54) is 0 Å². The first kappa shape index (κ1) is 23.0. The quantitative estimate of drug-likeness (QED) is 0.516. The number of Topliss-reactive ketones (excluding diaryl/α,β-unsaturated/α-hetero) is 1. The molecular formula is C26H40O5. The van der Waals surface area contributed by atoms with E-state index in [1.54, 1.807) is 19.9 Å². The van der Waals surface area contributed by atoms with Crippen LogP contribution in [0.3, 0.4) is 0 Å². The second kappa shape index (κ2) is 7.69. The minimum Gasteiger partial charge on any atom is -0.458 e. The fraction of sp³-hybridized carbons (Fsp3) is 0.846. The van der Waals surface area contributed by atoms with E-state index in [-0.39, 0.29) is 41.0 Å². The lowest BCUT2D eigenvalue weighted by Crippen LogP contribution is -2.68. The van der Waals surface area contributed by atoms with Gasteiger partial charge in [0, 0.05) is 16.9 Å². The first-order valence-corrected chi connectivity index (χ1v) is 12.2. The molecule has 5 nitrogen and oxygen atoms in total. The topological polar surface area (TPSA) is 83.8 Å². The molecule has 0 aromatic rings. The molecule has 4 aliphatic carbocycles. The summed E-state index contributed by atoms with van der Waals surface area (Å²) in [5.41, 5.74) is -1.19. The van der Waals surface area contributed by atoms with Crippen molar-refractivity contribution >= 4 is 11.8 Å². The molecule has 2 unspecified atom stereocenters.